The average Bonchev–Trinajstić information content (AvgIpc) is 2.38. The maximum atomic E-state index is 12.2. The van der Waals surface area contributed by atoms with Crippen LogP contribution in [0.15, 0.2) is 40.9 Å². The Kier molecular flexibility index (Phi) is 4.00. The Morgan fingerprint density at radius 3 is 2.47 bits per heavy atom. The molecule has 88 valence electrons. The van der Waals surface area contributed by atoms with E-state index < -0.39 is 0 Å². The predicted molar refractivity (Wildman–Crippen MR) is 79.0 cm³/mol. The van der Waals surface area contributed by atoms with E-state index in [9.17, 15) is 4.79 Å². The highest BCUT2D eigenvalue weighted by Crippen LogP contribution is 2.28. The summed E-state index contributed by atoms with van der Waals surface area (Å²) in [5.74, 6) is 0.149. The number of ketones is 1. The molecule has 1 unspecified atom stereocenters. The van der Waals surface area contributed by atoms with Crippen molar-refractivity contribution in [3.63, 3.8) is 0 Å². The Morgan fingerprint density at radius 2 is 1.82 bits per heavy atom. The van der Waals surface area contributed by atoms with Crippen molar-refractivity contribution in [3.05, 3.63) is 46.4 Å². The van der Waals surface area contributed by atoms with Crippen LogP contribution in [0.2, 0.25) is 0 Å². The minimum atomic E-state index is -0.105. The number of rotatable bonds is 3. The van der Waals surface area contributed by atoms with Crippen LogP contribution in [0.5, 0.6) is 0 Å². The second-order valence-corrected chi connectivity index (χ2v) is 5.84. The van der Waals surface area contributed by atoms with Crippen molar-refractivity contribution in [2.75, 3.05) is 0 Å². The van der Waals surface area contributed by atoms with Crippen LogP contribution in [0.3, 0.4) is 0 Å². The van der Waals surface area contributed by atoms with Crippen molar-refractivity contribution >= 4 is 48.4 Å². The lowest BCUT2D eigenvalue weighted by Gasteiger charge is -2.10. The zero-order valence-corrected chi connectivity index (χ0v) is 12.6. The van der Waals surface area contributed by atoms with Crippen LogP contribution in [-0.2, 0) is 0 Å². The number of carbonyl (C=O) groups is 1. The molecule has 0 aliphatic carbocycles. The van der Waals surface area contributed by atoms with Crippen LogP contribution in [0.25, 0.3) is 10.8 Å². The van der Waals surface area contributed by atoms with Crippen molar-refractivity contribution in [2.24, 2.45) is 0 Å². The molecule has 2 aromatic rings. The number of carbonyl (C=O) groups excluding carboxylic acids is 1. The molecule has 0 saturated carbocycles. The van der Waals surface area contributed by atoms with Crippen molar-refractivity contribution in [3.8, 4) is 0 Å². The maximum absolute atomic E-state index is 12.2. The van der Waals surface area contributed by atoms with Gasteiger partial charge in [0.2, 0.25) is 0 Å². The number of alkyl halides is 1. The van der Waals surface area contributed by atoms with E-state index in [2.05, 4.69) is 31.9 Å². The van der Waals surface area contributed by atoms with Crippen LogP contribution in [0, 0.1) is 0 Å². The summed E-state index contributed by atoms with van der Waals surface area (Å²) in [5, 5.41) is 2.08. The quantitative estimate of drug-likeness (QED) is 0.561. The topological polar surface area (TPSA) is 17.1 Å². The van der Waals surface area contributed by atoms with Crippen molar-refractivity contribution in [2.45, 2.75) is 18.2 Å². The maximum Gasteiger partial charge on any atom is 0.177 e. The molecule has 0 N–H and O–H groups in total. The molecule has 0 amide bonds. The van der Waals surface area contributed by atoms with Crippen LogP contribution in [0.4, 0.5) is 0 Å². The Hall–Kier alpha value is -0.670. The summed E-state index contributed by atoms with van der Waals surface area (Å²) >= 11 is 6.93. The minimum Gasteiger partial charge on any atom is -0.293 e. The highest BCUT2D eigenvalue weighted by Gasteiger charge is 2.17. The SMILES string of the molecule is CCC(Br)C(=O)c1ccc(Br)c2ccccc12. The Balaban J connectivity index is 2.63. The molecule has 0 saturated heterocycles. The predicted octanol–water partition coefficient (Wildman–Crippen LogP) is 4.96. The lowest BCUT2D eigenvalue weighted by atomic mass is 9.99. The van der Waals surface area contributed by atoms with Crippen LogP contribution >= 0.6 is 31.9 Å². The van der Waals surface area contributed by atoms with Gasteiger partial charge in [-0.3, -0.25) is 4.79 Å². The molecule has 0 heterocycles. The first-order valence-corrected chi connectivity index (χ1v) is 7.21. The van der Waals surface area contributed by atoms with Gasteiger partial charge in [0.1, 0.15) is 0 Å². The lowest BCUT2D eigenvalue weighted by Crippen LogP contribution is -2.13. The monoisotopic (exact) mass is 354 g/mol. The third-order valence-electron chi connectivity index (χ3n) is 2.78. The molecular formula is C14H12Br2O. The third-order valence-corrected chi connectivity index (χ3v) is 4.53. The van der Waals surface area contributed by atoms with E-state index >= 15 is 0 Å². The van der Waals surface area contributed by atoms with E-state index in [1.54, 1.807) is 0 Å². The highest BCUT2D eigenvalue weighted by molar-refractivity contribution is 9.10. The number of benzene rings is 2. The minimum absolute atomic E-state index is 0.105. The highest BCUT2D eigenvalue weighted by atomic mass is 79.9. The smallest absolute Gasteiger partial charge is 0.177 e. The fourth-order valence-corrected chi connectivity index (χ4v) is 2.56. The molecule has 0 aromatic heterocycles. The van der Waals surface area contributed by atoms with E-state index in [0.717, 1.165) is 27.2 Å². The van der Waals surface area contributed by atoms with Crippen molar-refractivity contribution < 1.29 is 4.79 Å². The van der Waals surface area contributed by atoms with Gasteiger partial charge in [-0.05, 0) is 29.3 Å². The lowest BCUT2D eigenvalue weighted by molar-refractivity contribution is 0.0992. The molecule has 2 aromatic carbocycles. The van der Waals surface area contributed by atoms with E-state index in [0.29, 0.717) is 0 Å². The van der Waals surface area contributed by atoms with Gasteiger partial charge in [0.15, 0.2) is 5.78 Å². The van der Waals surface area contributed by atoms with Gasteiger partial charge in [0, 0.05) is 10.0 Å². The zero-order valence-electron chi connectivity index (χ0n) is 9.41. The van der Waals surface area contributed by atoms with Gasteiger partial charge in [-0.2, -0.15) is 0 Å². The largest absolute Gasteiger partial charge is 0.293 e. The fraction of sp³-hybridized carbons (Fsp3) is 0.214. The van der Waals surface area contributed by atoms with Gasteiger partial charge in [-0.15, -0.1) is 0 Å². The Labute approximate surface area is 117 Å². The summed E-state index contributed by atoms with van der Waals surface area (Å²) < 4.78 is 1.02. The molecule has 1 nitrogen and oxygen atoms in total. The number of fused-ring (bicyclic) bond motifs is 1. The zero-order chi connectivity index (χ0) is 12.4. The first-order chi connectivity index (χ1) is 8.15. The van der Waals surface area contributed by atoms with Crippen molar-refractivity contribution in [1.82, 2.24) is 0 Å². The number of halogens is 2. The molecule has 0 fully saturated rings. The normalized spacial score (nSPS) is 12.6. The average molecular weight is 356 g/mol. The molecule has 3 heteroatoms. The summed E-state index contributed by atoms with van der Waals surface area (Å²) in [6, 6.07) is 11.8. The molecule has 1 atom stereocenters. The summed E-state index contributed by atoms with van der Waals surface area (Å²) in [7, 11) is 0. The second-order valence-electron chi connectivity index (χ2n) is 3.88. The molecule has 0 bridgehead atoms. The summed E-state index contributed by atoms with van der Waals surface area (Å²) in [4.78, 5) is 12.1. The molecule has 17 heavy (non-hydrogen) atoms. The number of Topliss-reactive ketones (excluding diaryl/α,β-unsaturated/α-hetero) is 1. The first kappa shape index (κ1) is 12.8. The molecule has 0 aliphatic heterocycles. The van der Waals surface area contributed by atoms with E-state index in [-0.39, 0.29) is 10.6 Å². The Bertz CT molecular complexity index is 563. The molecule has 2 rings (SSSR count). The molecule has 0 spiro atoms. The third kappa shape index (κ3) is 2.45. The second kappa shape index (κ2) is 5.32. The molecule has 0 radical (unpaired) electrons. The number of hydrogen-bond donors (Lipinski definition) is 0. The van der Waals surface area contributed by atoms with Crippen LogP contribution in [-0.4, -0.2) is 10.6 Å². The standard InChI is InChI=1S/C14H12Br2O/c1-2-12(15)14(17)11-7-8-13(16)10-6-4-3-5-9(10)11/h3-8,12H,2H2,1H3. The summed E-state index contributed by atoms with van der Waals surface area (Å²) in [5.41, 5.74) is 0.785. The Morgan fingerprint density at radius 1 is 1.18 bits per heavy atom. The van der Waals surface area contributed by atoms with Gasteiger partial charge in [0.25, 0.3) is 0 Å². The molecular weight excluding hydrogens is 344 g/mol. The van der Waals surface area contributed by atoms with E-state index in [1.165, 1.54) is 0 Å². The summed E-state index contributed by atoms with van der Waals surface area (Å²) in [6.07, 6.45) is 0.795. The first-order valence-electron chi connectivity index (χ1n) is 5.50. The van der Waals surface area contributed by atoms with Gasteiger partial charge in [0.05, 0.1) is 4.83 Å². The van der Waals surface area contributed by atoms with Gasteiger partial charge in [-0.25, -0.2) is 0 Å². The van der Waals surface area contributed by atoms with Crippen molar-refractivity contribution in [1.29, 1.82) is 0 Å². The van der Waals surface area contributed by atoms with E-state index in [1.807, 2.05) is 43.3 Å². The van der Waals surface area contributed by atoms with Gasteiger partial charge in [-0.1, -0.05) is 63.0 Å². The fourth-order valence-electron chi connectivity index (χ4n) is 1.83. The van der Waals surface area contributed by atoms with Gasteiger partial charge >= 0.3 is 0 Å². The summed E-state index contributed by atoms with van der Waals surface area (Å²) in [6.45, 7) is 2.00. The van der Waals surface area contributed by atoms with E-state index in [4.69, 9.17) is 0 Å². The number of hydrogen-bond acceptors (Lipinski definition) is 1. The van der Waals surface area contributed by atoms with Gasteiger partial charge < -0.3 is 0 Å². The molecule has 0 aliphatic rings. The van der Waals surface area contributed by atoms with Crippen LogP contribution < -0.4 is 0 Å². The van der Waals surface area contributed by atoms with Crippen LogP contribution in [0.1, 0.15) is 23.7 Å².